The summed E-state index contributed by atoms with van der Waals surface area (Å²) in [5.41, 5.74) is 5.59. The SMILES string of the molecule is C[C@@H]1COCCN1C(=O)C1(N)CCCC1. The van der Waals surface area contributed by atoms with E-state index in [0.29, 0.717) is 19.8 Å². The van der Waals surface area contributed by atoms with Gasteiger partial charge in [0.1, 0.15) is 0 Å². The molecule has 0 aromatic heterocycles. The normalized spacial score (nSPS) is 30.5. The van der Waals surface area contributed by atoms with Crippen LogP contribution in [-0.2, 0) is 9.53 Å². The highest BCUT2D eigenvalue weighted by Gasteiger charge is 2.41. The summed E-state index contributed by atoms with van der Waals surface area (Å²) in [5, 5.41) is 0. The van der Waals surface area contributed by atoms with Crippen molar-refractivity contribution < 1.29 is 9.53 Å². The standard InChI is InChI=1S/C11H20N2O2/c1-9-8-15-7-6-13(9)10(14)11(12)4-2-3-5-11/h9H,2-8,12H2,1H3/t9-/m1/s1. The zero-order valence-electron chi connectivity index (χ0n) is 9.37. The largest absolute Gasteiger partial charge is 0.377 e. The Bertz CT molecular complexity index is 249. The third kappa shape index (κ3) is 2.01. The molecule has 0 aromatic rings. The molecule has 4 heteroatoms. The molecular formula is C11H20N2O2. The summed E-state index contributed by atoms with van der Waals surface area (Å²) in [6.45, 7) is 4.00. The summed E-state index contributed by atoms with van der Waals surface area (Å²) in [6.07, 6.45) is 3.85. The second kappa shape index (κ2) is 4.10. The van der Waals surface area contributed by atoms with Gasteiger partial charge in [-0.05, 0) is 19.8 Å². The van der Waals surface area contributed by atoms with E-state index in [-0.39, 0.29) is 11.9 Å². The van der Waals surface area contributed by atoms with E-state index in [4.69, 9.17) is 10.5 Å². The Labute approximate surface area is 90.8 Å². The fraction of sp³-hybridized carbons (Fsp3) is 0.909. The topological polar surface area (TPSA) is 55.6 Å². The van der Waals surface area contributed by atoms with Crippen molar-refractivity contribution in [3.05, 3.63) is 0 Å². The molecule has 15 heavy (non-hydrogen) atoms. The molecule has 1 saturated carbocycles. The van der Waals surface area contributed by atoms with E-state index in [0.717, 1.165) is 25.7 Å². The molecule has 86 valence electrons. The summed E-state index contributed by atoms with van der Waals surface area (Å²) in [5.74, 6) is 0.135. The lowest BCUT2D eigenvalue weighted by Crippen LogP contribution is -2.58. The lowest BCUT2D eigenvalue weighted by Gasteiger charge is -2.38. The van der Waals surface area contributed by atoms with E-state index in [1.807, 2.05) is 11.8 Å². The molecule has 1 aliphatic carbocycles. The molecule has 1 atom stereocenters. The number of nitrogens with two attached hydrogens (primary N) is 1. The molecule has 0 aromatic carbocycles. The fourth-order valence-corrected chi connectivity index (χ4v) is 2.53. The maximum Gasteiger partial charge on any atom is 0.243 e. The second-order valence-electron chi connectivity index (χ2n) is 4.79. The maximum atomic E-state index is 12.3. The highest BCUT2D eigenvalue weighted by atomic mass is 16.5. The first kappa shape index (κ1) is 10.9. The molecule has 2 N–H and O–H groups in total. The van der Waals surface area contributed by atoms with Crippen LogP contribution in [0.1, 0.15) is 32.6 Å². The maximum absolute atomic E-state index is 12.3. The van der Waals surface area contributed by atoms with Gasteiger partial charge in [-0.25, -0.2) is 0 Å². The Hall–Kier alpha value is -0.610. The molecule has 2 aliphatic rings. The molecule has 1 heterocycles. The molecular weight excluding hydrogens is 192 g/mol. The fourth-order valence-electron chi connectivity index (χ4n) is 2.53. The van der Waals surface area contributed by atoms with Gasteiger partial charge in [0.15, 0.2) is 0 Å². The summed E-state index contributed by atoms with van der Waals surface area (Å²) in [7, 11) is 0. The number of ether oxygens (including phenoxy) is 1. The Kier molecular flexibility index (Phi) is 2.98. The molecule has 0 radical (unpaired) electrons. The van der Waals surface area contributed by atoms with Gasteiger partial charge in [-0.15, -0.1) is 0 Å². The van der Waals surface area contributed by atoms with Gasteiger partial charge in [0, 0.05) is 6.54 Å². The Morgan fingerprint density at radius 3 is 2.73 bits per heavy atom. The number of rotatable bonds is 1. The van der Waals surface area contributed by atoms with Gasteiger partial charge < -0.3 is 15.4 Å². The van der Waals surface area contributed by atoms with Gasteiger partial charge in [-0.1, -0.05) is 12.8 Å². The smallest absolute Gasteiger partial charge is 0.243 e. The van der Waals surface area contributed by atoms with Crippen LogP contribution in [0.3, 0.4) is 0 Å². The average Bonchev–Trinajstić information content (AvgIpc) is 2.66. The van der Waals surface area contributed by atoms with Crippen molar-refractivity contribution in [3.8, 4) is 0 Å². The lowest BCUT2D eigenvalue weighted by molar-refractivity contribution is -0.144. The third-order valence-electron chi connectivity index (χ3n) is 3.55. The number of hydrogen-bond acceptors (Lipinski definition) is 3. The first-order valence-corrected chi connectivity index (χ1v) is 5.81. The Morgan fingerprint density at radius 2 is 2.13 bits per heavy atom. The molecule has 2 rings (SSSR count). The lowest BCUT2D eigenvalue weighted by atomic mass is 9.96. The predicted octanol–water partition coefficient (Wildman–Crippen LogP) is 0.505. The van der Waals surface area contributed by atoms with E-state index in [1.165, 1.54) is 0 Å². The minimum Gasteiger partial charge on any atom is -0.377 e. The van der Waals surface area contributed by atoms with Crippen molar-refractivity contribution >= 4 is 5.91 Å². The third-order valence-corrected chi connectivity index (χ3v) is 3.55. The van der Waals surface area contributed by atoms with Crippen LogP contribution in [-0.4, -0.2) is 42.1 Å². The first-order chi connectivity index (χ1) is 7.13. The van der Waals surface area contributed by atoms with Crippen LogP contribution < -0.4 is 5.73 Å². The van der Waals surface area contributed by atoms with E-state index in [2.05, 4.69) is 0 Å². The molecule has 0 unspecified atom stereocenters. The molecule has 1 aliphatic heterocycles. The number of hydrogen-bond donors (Lipinski definition) is 1. The van der Waals surface area contributed by atoms with Crippen molar-refractivity contribution in [2.24, 2.45) is 5.73 Å². The van der Waals surface area contributed by atoms with Crippen LogP contribution in [0.2, 0.25) is 0 Å². The van der Waals surface area contributed by atoms with Crippen LogP contribution in [0.5, 0.6) is 0 Å². The van der Waals surface area contributed by atoms with E-state index < -0.39 is 5.54 Å². The monoisotopic (exact) mass is 212 g/mol. The van der Waals surface area contributed by atoms with Gasteiger partial charge in [0.25, 0.3) is 0 Å². The van der Waals surface area contributed by atoms with Crippen LogP contribution in [0.25, 0.3) is 0 Å². The first-order valence-electron chi connectivity index (χ1n) is 5.81. The molecule has 0 spiro atoms. The predicted molar refractivity (Wildman–Crippen MR) is 57.4 cm³/mol. The summed E-state index contributed by atoms with van der Waals surface area (Å²) < 4.78 is 5.32. The van der Waals surface area contributed by atoms with Crippen molar-refractivity contribution in [2.45, 2.75) is 44.2 Å². The minimum absolute atomic E-state index is 0.135. The number of carbonyl (C=O) groups is 1. The van der Waals surface area contributed by atoms with E-state index >= 15 is 0 Å². The Balaban J connectivity index is 2.05. The van der Waals surface area contributed by atoms with Crippen LogP contribution in [0.4, 0.5) is 0 Å². The van der Waals surface area contributed by atoms with Crippen molar-refractivity contribution in [1.29, 1.82) is 0 Å². The van der Waals surface area contributed by atoms with E-state index in [9.17, 15) is 4.79 Å². The number of amides is 1. The summed E-state index contributed by atoms with van der Waals surface area (Å²) >= 11 is 0. The molecule has 1 saturated heterocycles. The van der Waals surface area contributed by atoms with Gasteiger partial charge in [-0.3, -0.25) is 4.79 Å². The minimum atomic E-state index is -0.578. The van der Waals surface area contributed by atoms with Gasteiger partial charge in [0.2, 0.25) is 5.91 Å². The molecule has 4 nitrogen and oxygen atoms in total. The van der Waals surface area contributed by atoms with Crippen LogP contribution in [0.15, 0.2) is 0 Å². The highest BCUT2D eigenvalue weighted by Crippen LogP contribution is 2.29. The van der Waals surface area contributed by atoms with Crippen molar-refractivity contribution in [3.63, 3.8) is 0 Å². The number of morpholine rings is 1. The van der Waals surface area contributed by atoms with Crippen molar-refractivity contribution in [2.75, 3.05) is 19.8 Å². The second-order valence-corrected chi connectivity index (χ2v) is 4.79. The summed E-state index contributed by atoms with van der Waals surface area (Å²) in [6, 6.07) is 0.173. The number of carbonyl (C=O) groups excluding carboxylic acids is 1. The zero-order chi connectivity index (χ0) is 10.9. The number of nitrogens with zero attached hydrogens (tertiary/aromatic N) is 1. The van der Waals surface area contributed by atoms with E-state index in [1.54, 1.807) is 0 Å². The zero-order valence-corrected chi connectivity index (χ0v) is 9.37. The average molecular weight is 212 g/mol. The summed E-state index contributed by atoms with van der Waals surface area (Å²) in [4.78, 5) is 14.2. The van der Waals surface area contributed by atoms with Crippen molar-refractivity contribution in [1.82, 2.24) is 4.90 Å². The molecule has 0 bridgehead atoms. The highest BCUT2D eigenvalue weighted by molar-refractivity contribution is 5.86. The van der Waals surface area contributed by atoms with Crippen LogP contribution >= 0.6 is 0 Å². The Morgan fingerprint density at radius 1 is 1.47 bits per heavy atom. The van der Waals surface area contributed by atoms with Gasteiger partial charge in [0.05, 0.1) is 24.8 Å². The molecule has 2 fully saturated rings. The molecule has 1 amide bonds. The quantitative estimate of drug-likeness (QED) is 0.689. The van der Waals surface area contributed by atoms with Gasteiger partial charge in [-0.2, -0.15) is 0 Å². The van der Waals surface area contributed by atoms with Crippen LogP contribution in [0, 0.1) is 0 Å². The van der Waals surface area contributed by atoms with Gasteiger partial charge >= 0.3 is 0 Å².